The zero-order valence-electron chi connectivity index (χ0n) is 13.7. The van der Waals surface area contributed by atoms with Gasteiger partial charge in [0, 0.05) is 16.7 Å². The molecule has 0 amide bonds. The lowest BCUT2D eigenvalue weighted by molar-refractivity contribution is 0.142. The standard InChI is InChI=1S/C20H18BrClN2O/c21-15-10-17-18(23-12-15)11-19(22)24-20(17)25-16-8-6-14(7-9-16)13-4-2-1-3-5-13/h1-5,10-12,14,16H,6-9H2. The molecule has 1 fully saturated rings. The van der Waals surface area contributed by atoms with Crippen molar-refractivity contribution in [3.8, 4) is 5.88 Å². The SMILES string of the molecule is Clc1cc2ncc(Br)cc2c(OC2CCC(c3ccccc3)CC2)n1. The molecule has 2 heterocycles. The van der Waals surface area contributed by atoms with E-state index in [0.717, 1.165) is 41.1 Å². The average molecular weight is 418 g/mol. The second-order valence-corrected chi connectivity index (χ2v) is 7.78. The molecule has 1 aliphatic rings. The molecule has 0 aliphatic heterocycles. The van der Waals surface area contributed by atoms with Crippen LogP contribution in [0.1, 0.15) is 37.2 Å². The summed E-state index contributed by atoms with van der Waals surface area (Å²) < 4.78 is 7.14. The summed E-state index contributed by atoms with van der Waals surface area (Å²) in [4.78, 5) is 8.79. The molecular weight excluding hydrogens is 400 g/mol. The van der Waals surface area contributed by atoms with Crippen molar-refractivity contribution < 1.29 is 4.74 Å². The van der Waals surface area contributed by atoms with E-state index in [0.29, 0.717) is 17.0 Å². The number of aromatic nitrogens is 2. The van der Waals surface area contributed by atoms with Crippen molar-refractivity contribution >= 4 is 38.4 Å². The van der Waals surface area contributed by atoms with E-state index in [-0.39, 0.29) is 6.10 Å². The van der Waals surface area contributed by atoms with Crippen LogP contribution in [0.5, 0.6) is 5.88 Å². The van der Waals surface area contributed by atoms with Crippen LogP contribution >= 0.6 is 27.5 Å². The molecule has 3 aromatic rings. The van der Waals surface area contributed by atoms with Gasteiger partial charge in [-0.2, -0.15) is 0 Å². The van der Waals surface area contributed by atoms with Crippen molar-refractivity contribution in [3.05, 3.63) is 63.9 Å². The molecule has 1 aromatic carbocycles. The summed E-state index contributed by atoms with van der Waals surface area (Å²) in [6, 6.07) is 14.5. The summed E-state index contributed by atoms with van der Waals surface area (Å²) in [5.74, 6) is 1.21. The fourth-order valence-corrected chi connectivity index (χ4v) is 4.04. The number of hydrogen-bond acceptors (Lipinski definition) is 3. The van der Waals surface area contributed by atoms with E-state index >= 15 is 0 Å². The summed E-state index contributed by atoms with van der Waals surface area (Å²) in [6.45, 7) is 0. The minimum Gasteiger partial charge on any atom is -0.474 e. The fourth-order valence-electron chi connectivity index (χ4n) is 3.53. The van der Waals surface area contributed by atoms with Crippen molar-refractivity contribution in [3.63, 3.8) is 0 Å². The zero-order valence-corrected chi connectivity index (χ0v) is 16.0. The summed E-state index contributed by atoms with van der Waals surface area (Å²) in [5, 5.41) is 1.30. The van der Waals surface area contributed by atoms with E-state index in [1.54, 1.807) is 12.3 Å². The van der Waals surface area contributed by atoms with Crippen molar-refractivity contribution in [1.82, 2.24) is 9.97 Å². The smallest absolute Gasteiger partial charge is 0.224 e. The van der Waals surface area contributed by atoms with Crippen molar-refractivity contribution in [2.75, 3.05) is 0 Å². The lowest BCUT2D eigenvalue weighted by Crippen LogP contribution is -2.23. The molecule has 0 bridgehead atoms. The van der Waals surface area contributed by atoms with E-state index in [1.165, 1.54) is 5.56 Å². The number of rotatable bonds is 3. The maximum atomic E-state index is 6.23. The van der Waals surface area contributed by atoms with E-state index in [4.69, 9.17) is 16.3 Å². The number of hydrogen-bond donors (Lipinski definition) is 0. The van der Waals surface area contributed by atoms with Gasteiger partial charge < -0.3 is 4.74 Å². The first-order chi connectivity index (χ1) is 12.2. The lowest BCUT2D eigenvalue weighted by atomic mass is 9.83. The van der Waals surface area contributed by atoms with Gasteiger partial charge in [-0.3, -0.25) is 4.98 Å². The molecule has 1 aliphatic carbocycles. The predicted octanol–water partition coefficient (Wildman–Crippen LogP) is 6.15. The molecule has 0 radical (unpaired) electrons. The molecule has 4 rings (SSSR count). The molecule has 0 unspecified atom stereocenters. The Morgan fingerprint density at radius 3 is 2.56 bits per heavy atom. The Labute approximate surface area is 160 Å². The van der Waals surface area contributed by atoms with Crippen LogP contribution in [0, 0.1) is 0 Å². The molecule has 0 N–H and O–H groups in total. The Hall–Kier alpha value is -1.65. The molecule has 0 saturated heterocycles. The first kappa shape index (κ1) is 16.8. The third-order valence-electron chi connectivity index (χ3n) is 4.80. The third kappa shape index (κ3) is 3.80. The number of ether oxygens (including phenoxy) is 1. The van der Waals surface area contributed by atoms with E-state index < -0.39 is 0 Å². The van der Waals surface area contributed by atoms with Crippen LogP contribution in [0.4, 0.5) is 0 Å². The van der Waals surface area contributed by atoms with Crippen LogP contribution < -0.4 is 4.74 Å². The highest BCUT2D eigenvalue weighted by atomic mass is 79.9. The maximum Gasteiger partial charge on any atom is 0.224 e. The number of benzene rings is 1. The second-order valence-electron chi connectivity index (χ2n) is 6.47. The molecule has 0 atom stereocenters. The quantitative estimate of drug-likeness (QED) is 0.479. The van der Waals surface area contributed by atoms with Crippen molar-refractivity contribution in [2.45, 2.75) is 37.7 Å². The Balaban J connectivity index is 1.50. The minimum atomic E-state index is 0.174. The Kier molecular flexibility index (Phi) is 4.91. The van der Waals surface area contributed by atoms with Gasteiger partial charge in [0.05, 0.1) is 10.9 Å². The highest BCUT2D eigenvalue weighted by Gasteiger charge is 2.24. The van der Waals surface area contributed by atoms with Gasteiger partial charge in [-0.1, -0.05) is 41.9 Å². The number of nitrogens with zero attached hydrogens (tertiary/aromatic N) is 2. The van der Waals surface area contributed by atoms with Gasteiger partial charge in [-0.25, -0.2) is 4.98 Å². The monoisotopic (exact) mass is 416 g/mol. The van der Waals surface area contributed by atoms with Crippen LogP contribution in [-0.2, 0) is 0 Å². The number of fused-ring (bicyclic) bond motifs is 1. The lowest BCUT2D eigenvalue weighted by Gasteiger charge is -2.29. The van der Waals surface area contributed by atoms with Gasteiger partial charge in [0.15, 0.2) is 0 Å². The van der Waals surface area contributed by atoms with Crippen molar-refractivity contribution in [2.24, 2.45) is 0 Å². The first-order valence-electron chi connectivity index (χ1n) is 8.52. The highest BCUT2D eigenvalue weighted by molar-refractivity contribution is 9.10. The molecular formula is C20H18BrClN2O. The highest BCUT2D eigenvalue weighted by Crippen LogP contribution is 2.36. The maximum absolute atomic E-state index is 6.23. The van der Waals surface area contributed by atoms with E-state index in [2.05, 4.69) is 56.2 Å². The largest absolute Gasteiger partial charge is 0.474 e. The van der Waals surface area contributed by atoms with Gasteiger partial charge in [0.25, 0.3) is 0 Å². The summed E-state index contributed by atoms with van der Waals surface area (Å²) in [6.07, 6.45) is 6.25. The average Bonchev–Trinajstić information content (AvgIpc) is 2.64. The normalized spacial score (nSPS) is 20.6. The van der Waals surface area contributed by atoms with Gasteiger partial charge in [0.2, 0.25) is 5.88 Å². The zero-order chi connectivity index (χ0) is 17.2. The number of halogens is 2. The number of pyridine rings is 2. The fraction of sp³-hybridized carbons (Fsp3) is 0.300. The van der Waals surface area contributed by atoms with Crippen LogP contribution in [0.2, 0.25) is 5.15 Å². The van der Waals surface area contributed by atoms with Crippen LogP contribution in [0.3, 0.4) is 0 Å². The van der Waals surface area contributed by atoms with Crippen molar-refractivity contribution in [1.29, 1.82) is 0 Å². The van der Waals surface area contributed by atoms with Crippen LogP contribution in [0.25, 0.3) is 10.9 Å². The van der Waals surface area contributed by atoms with Gasteiger partial charge in [0.1, 0.15) is 11.3 Å². The Morgan fingerprint density at radius 2 is 1.80 bits per heavy atom. The Morgan fingerprint density at radius 1 is 1.04 bits per heavy atom. The summed E-state index contributed by atoms with van der Waals surface area (Å²) >= 11 is 9.61. The van der Waals surface area contributed by atoms with Gasteiger partial charge >= 0.3 is 0 Å². The first-order valence-corrected chi connectivity index (χ1v) is 9.69. The molecule has 1 saturated carbocycles. The summed E-state index contributed by atoms with van der Waals surface area (Å²) in [5.41, 5.74) is 2.23. The Bertz CT molecular complexity index is 880. The van der Waals surface area contributed by atoms with Gasteiger partial charge in [-0.05, 0) is 59.2 Å². The minimum absolute atomic E-state index is 0.174. The molecule has 25 heavy (non-hydrogen) atoms. The van der Waals surface area contributed by atoms with E-state index in [9.17, 15) is 0 Å². The summed E-state index contributed by atoms with van der Waals surface area (Å²) in [7, 11) is 0. The molecule has 5 heteroatoms. The predicted molar refractivity (Wildman–Crippen MR) is 104 cm³/mol. The molecule has 3 nitrogen and oxygen atoms in total. The molecule has 2 aromatic heterocycles. The van der Waals surface area contributed by atoms with Crippen LogP contribution in [-0.4, -0.2) is 16.1 Å². The van der Waals surface area contributed by atoms with Crippen LogP contribution in [0.15, 0.2) is 53.1 Å². The second kappa shape index (κ2) is 7.30. The molecule has 128 valence electrons. The van der Waals surface area contributed by atoms with Gasteiger partial charge in [-0.15, -0.1) is 0 Å². The third-order valence-corrected chi connectivity index (χ3v) is 5.43. The topological polar surface area (TPSA) is 35.0 Å². The molecule has 0 spiro atoms. The van der Waals surface area contributed by atoms with E-state index in [1.807, 2.05) is 6.07 Å².